The summed E-state index contributed by atoms with van der Waals surface area (Å²) in [5.74, 6) is 0.293. The lowest BCUT2D eigenvalue weighted by atomic mass is 10.3. The molecule has 8 heteroatoms. The largest absolute Gasteiger partial charge is 0.491 e. The minimum atomic E-state index is -1.01. The summed E-state index contributed by atoms with van der Waals surface area (Å²) in [7, 11) is 0. The zero-order chi connectivity index (χ0) is 15.3. The summed E-state index contributed by atoms with van der Waals surface area (Å²) in [6.45, 7) is 4.54. The molecule has 1 amide bonds. The van der Waals surface area contributed by atoms with Crippen LogP contribution >= 0.6 is 0 Å². The van der Waals surface area contributed by atoms with Crippen LogP contribution in [0.1, 0.15) is 13.8 Å². The molecule has 1 aromatic carbocycles. The van der Waals surface area contributed by atoms with Crippen LogP contribution in [0.4, 0.5) is 4.79 Å². The van der Waals surface area contributed by atoms with Crippen LogP contribution in [0, 0.1) is 0 Å². The molecule has 1 saturated heterocycles. The van der Waals surface area contributed by atoms with E-state index < -0.39 is 11.9 Å². The Morgan fingerprint density at radius 2 is 2.10 bits per heavy atom. The fraction of sp³-hybridized carbons (Fsp3) is 0.462. The van der Waals surface area contributed by atoms with Crippen LogP contribution in [0.15, 0.2) is 29.4 Å². The summed E-state index contributed by atoms with van der Waals surface area (Å²) in [6, 6.07) is 6.35. The van der Waals surface area contributed by atoms with Crippen molar-refractivity contribution in [3.8, 4) is 11.5 Å². The molecule has 1 aliphatic heterocycles. The number of rotatable bonds is 4. The van der Waals surface area contributed by atoms with Crippen molar-refractivity contribution in [3.63, 3.8) is 0 Å². The fourth-order valence-corrected chi connectivity index (χ4v) is 1.80. The number of azide groups is 1. The zero-order valence-corrected chi connectivity index (χ0v) is 11.7. The standard InChI is InChI=1S/C13H15N3O5/c1-13(2)19-8-11(21-13)7-18-9-3-5-10(6-4-9)20-12(17)15-16-14/h3-6,11H,7-8H2,1-2H3. The van der Waals surface area contributed by atoms with E-state index in [4.69, 9.17) is 24.5 Å². The summed E-state index contributed by atoms with van der Waals surface area (Å²) in [6.07, 6.45) is -1.13. The Bertz CT molecular complexity index is 551. The molecule has 1 aliphatic rings. The van der Waals surface area contributed by atoms with Crippen molar-refractivity contribution in [2.45, 2.75) is 25.7 Å². The summed E-state index contributed by atoms with van der Waals surface area (Å²) < 4.78 is 21.4. The normalized spacial score (nSPS) is 19.6. The van der Waals surface area contributed by atoms with E-state index >= 15 is 0 Å². The maximum atomic E-state index is 11.0. The average Bonchev–Trinajstić information content (AvgIpc) is 2.78. The predicted octanol–water partition coefficient (Wildman–Crippen LogP) is 3.03. The summed E-state index contributed by atoms with van der Waals surface area (Å²) in [5, 5.41) is 2.80. The molecule has 0 aliphatic carbocycles. The number of hydrogen-bond donors (Lipinski definition) is 0. The minimum Gasteiger partial charge on any atom is -0.491 e. The van der Waals surface area contributed by atoms with Gasteiger partial charge in [-0.2, -0.15) is 0 Å². The lowest BCUT2D eigenvalue weighted by Gasteiger charge is -2.17. The van der Waals surface area contributed by atoms with Gasteiger partial charge < -0.3 is 18.9 Å². The molecule has 0 aromatic heterocycles. The SMILES string of the molecule is CC1(C)OCC(COc2ccc(OC(=O)N=[N+]=[N-])cc2)O1. The highest BCUT2D eigenvalue weighted by Crippen LogP contribution is 2.23. The van der Waals surface area contributed by atoms with E-state index in [1.165, 1.54) is 12.1 Å². The monoisotopic (exact) mass is 293 g/mol. The van der Waals surface area contributed by atoms with Crippen LogP contribution in [-0.4, -0.2) is 31.2 Å². The van der Waals surface area contributed by atoms with Crippen molar-refractivity contribution in [2.75, 3.05) is 13.2 Å². The van der Waals surface area contributed by atoms with Gasteiger partial charge in [-0.3, -0.25) is 0 Å². The highest BCUT2D eigenvalue weighted by atomic mass is 16.7. The van der Waals surface area contributed by atoms with Gasteiger partial charge in [-0.05, 0) is 43.6 Å². The molecular formula is C13H15N3O5. The molecule has 1 unspecified atom stereocenters. The van der Waals surface area contributed by atoms with Gasteiger partial charge in [0.2, 0.25) is 0 Å². The summed E-state index contributed by atoms with van der Waals surface area (Å²) in [4.78, 5) is 13.3. The van der Waals surface area contributed by atoms with Gasteiger partial charge in [0, 0.05) is 10.0 Å². The van der Waals surface area contributed by atoms with E-state index in [0.717, 1.165) is 0 Å². The third kappa shape index (κ3) is 4.64. The molecule has 0 spiro atoms. The molecule has 2 rings (SSSR count). The van der Waals surface area contributed by atoms with Crippen molar-refractivity contribution in [1.29, 1.82) is 0 Å². The Kier molecular flexibility index (Phi) is 4.64. The van der Waals surface area contributed by atoms with Crippen molar-refractivity contribution in [1.82, 2.24) is 0 Å². The molecule has 0 bridgehead atoms. The van der Waals surface area contributed by atoms with E-state index in [1.54, 1.807) is 12.1 Å². The van der Waals surface area contributed by atoms with E-state index in [9.17, 15) is 4.79 Å². The number of amides is 1. The van der Waals surface area contributed by atoms with Gasteiger partial charge in [0.15, 0.2) is 5.79 Å². The van der Waals surface area contributed by atoms with Crippen molar-refractivity contribution >= 4 is 6.09 Å². The predicted molar refractivity (Wildman–Crippen MR) is 72.0 cm³/mol. The van der Waals surface area contributed by atoms with Crippen LogP contribution in [0.5, 0.6) is 11.5 Å². The van der Waals surface area contributed by atoms with Crippen LogP contribution in [0.25, 0.3) is 10.4 Å². The number of nitrogens with zero attached hydrogens (tertiary/aromatic N) is 3. The van der Waals surface area contributed by atoms with Crippen molar-refractivity contribution < 1.29 is 23.7 Å². The third-order valence-electron chi connectivity index (χ3n) is 2.66. The van der Waals surface area contributed by atoms with Crippen LogP contribution < -0.4 is 9.47 Å². The fourth-order valence-electron chi connectivity index (χ4n) is 1.80. The molecule has 0 saturated carbocycles. The number of ether oxygens (including phenoxy) is 4. The van der Waals surface area contributed by atoms with Crippen molar-refractivity contribution in [3.05, 3.63) is 34.7 Å². The maximum Gasteiger partial charge on any atom is 0.402 e. The van der Waals surface area contributed by atoms with E-state index in [1.807, 2.05) is 13.8 Å². The first kappa shape index (κ1) is 15.1. The quantitative estimate of drug-likeness (QED) is 0.482. The smallest absolute Gasteiger partial charge is 0.402 e. The molecule has 0 radical (unpaired) electrons. The van der Waals surface area contributed by atoms with Gasteiger partial charge in [-0.1, -0.05) is 0 Å². The van der Waals surface area contributed by atoms with Crippen LogP contribution in [0.2, 0.25) is 0 Å². The zero-order valence-electron chi connectivity index (χ0n) is 11.7. The summed E-state index contributed by atoms with van der Waals surface area (Å²) >= 11 is 0. The van der Waals surface area contributed by atoms with Gasteiger partial charge in [-0.25, -0.2) is 4.79 Å². The Morgan fingerprint density at radius 3 is 2.67 bits per heavy atom. The molecule has 1 atom stereocenters. The minimum absolute atomic E-state index is 0.123. The molecule has 112 valence electrons. The Hall–Kier alpha value is -2.28. The highest BCUT2D eigenvalue weighted by Gasteiger charge is 2.32. The average molecular weight is 293 g/mol. The number of carbonyl (C=O) groups excluding carboxylic acids is 1. The van der Waals surface area contributed by atoms with Gasteiger partial charge >= 0.3 is 6.09 Å². The lowest BCUT2D eigenvalue weighted by molar-refractivity contribution is -0.141. The second-order valence-corrected chi connectivity index (χ2v) is 4.79. The van der Waals surface area contributed by atoms with Gasteiger partial charge in [-0.15, -0.1) is 0 Å². The van der Waals surface area contributed by atoms with Gasteiger partial charge in [0.05, 0.1) is 6.61 Å². The van der Waals surface area contributed by atoms with Crippen LogP contribution in [0.3, 0.4) is 0 Å². The first-order valence-corrected chi connectivity index (χ1v) is 6.30. The topological polar surface area (TPSA) is 103 Å². The van der Waals surface area contributed by atoms with Crippen LogP contribution in [-0.2, 0) is 9.47 Å². The molecule has 21 heavy (non-hydrogen) atoms. The lowest BCUT2D eigenvalue weighted by Crippen LogP contribution is -2.25. The molecule has 1 heterocycles. The van der Waals surface area contributed by atoms with Crippen molar-refractivity contribution in [2.24, 2.45) is 5.11 Å². The Morgan fingerprint density at radius 1 is 1.43 bits per heavy atom. The molecule has 0 N–H and O–H groups in total. The highest BCUT2D eigenvalue weighted by molar-refractivity contribution is 5.71. The Labute approximate surface area is 121 Å². The molecule has 8 nitrogen and oxygen atoms in total. The Balaban J connectivity index is 1.82. The van der Waals surface area contributed by atoms with E-state index in [-0.39, 0.29) is 11.9 Å². The third-order valence-corrected chi connectivity index (χ3v) is 2.66. The first-order valence-electron chi connectivity index (χ1n) is 6.30. The van der Waals surface area contributed by atoms with Gasteiger partial charge in [0.25, 0.3) is 0 Å². The van der Waals surface area contributed by atoms with E-state index in [2.05, 4.69) is 10.0 Å². The second-order valence-electron chi connectivity index (χ2n) is 4.79. The summed E-state index contributed by atoms with van der Waals surface area (Å²) in [5.41, 5.74) is 8.08. The maximum absolute atomic E-state index is 11.0. The number of carbonyl (C=O) groups is 1. The number of hydrogen-bond acceptors (Lipinski definition) is 5. The number of benzene rings is 1. The van der Waals surface area contributed by atoms with Gasteiger partial charge in [0.1, 0.15) is 24.2 Å². The first-order chi connectivity index (χ1) is 9.98. The molecule has 1 fully saturated rings. The van der Waals surface area contributed by atoms with E-state index in [0.29, 0.717) is 19.0 Å². The second kappa shape index (κ2) is 6.45. The molecular weight excluding hydrogens is 278 g/mol. The molecule has 1 aromatic rings.